The number of hydrogen-bond donors (Lipinski definition) is 1. The molecule has 1 atom stereocenters. The van der Waals surface area contributed by atoms with Crippen LogP contribution in [0.15, 0.2) is 21.9 Å². The number of carboxylic acids is 1. The van der Waals surface area contributed by atoms with Crippen LogP contribution in [0, 0.1) is 0 Å². The summed E-state index contributed by atoms with van der Waals surface area (Å²) in [5, 5.41) is 18.7. The lowest BCUT2D eigenvalue weighted by atomic mass is 10.1. The van der Waals surface area contributed by atoms with Gasteiger partial charge in [-0.3, -0.25) is 4.79 Å². The van der Waals surface area contributed by atoms with E-state index in [2.05, 4.69) is 10.2 Å². The van der Waals surface area contributed by atoms with Crippen molar-refractivity contribution >= 4 is 17.3 Å². The first-order chi connectivity index (χ1) is 8.20. The summed E-state index contributed by atoms with van der Waals surface area (Å²) in [5.74, 6) is -1.05. The van der Waals surface area contributed by atoms with Gasteiger partial charge in [-0.1, -0.05) is 13.0 Å². The Hall–Kier alpha value is -1.69. The zero-order valence-corrected chi connectivity index (χ0v) is 10.1. The van der Waals surface area contributed by atoms with Crippen LogP contribution in [0.1, 0.15) is 29.5 Å². The van der Waals surface area contributed by atoms with Gasteiger partial charge in [0.05, 0.1) is 0 Å². The largest absolute Gasteiger partial charge is 0.481 e. The molecule has 0 saturated carbocycles. The molecule has 0 aliphatic heterocycles. The Labute approximate surface area is 102 Å². The first kappa shape index (κ1) is 11.8. The summed E-state index contributed by atoms with van der Waals surface area (Å²) in [7, 11) is 0. The van der Waals surface area contributed by atoms with Crippen LogP contribution < -0.4 is 0 Å². The van der Waals surface area contributed by atoms with E-state index in [0.717, 1.165) is 4.88 Å². The molecule has 0 radical (unpaired) electrons. The van der Waals surface area contributed by atoms with Gasteiger partial charge in [0.1, 0.15) is 5.92 Å². The van der Waals surface area contributed by atoms with E-state index in [9.17, 15) is 9.90 Å². The van der Waals surface area contributed by atoms with Crippen molar-refractivity contribution in [1.82, 2.24) is 10.2 Å². The van der Waals surface area contributed by atoms with E-state index in [1.807, 2.05) is 24.4 Å². The van der Waals surface area contributed by atoms with E-state index in [1.54, 1.807) is 0 Å². The van der Waals surface area contributed by atoms with Gasteiger partial charge in [0.2, 0.25) is 11.8 Å². The molecule has 0 fully saturated rings. The molecule has 0 aliphatic carbocycles. The van der Waals surface area contributed by atoms with Gasteiger partial charge in [0, 0.05) is 17.7 Å². The van der Waals surface area contributed by atoms with Crippen LogP contribution >= 0.6 is 11.3 Å². The minimum Gasteiger partial charge on any atom is -0.481 e. The first-order valence-corrected chi connectivity index (χ1v) is 6.16. The molecule has 2 aromatic heterocycles. The summed E-state index contributed by atoms with van der Waals surface area (Å²) in [6.07, 6.45) is 0.997. The predicted molar refractivity (Wildman–Crippen MR) is 62.1 cm³/mol. The summed E-state index contributed by atoms with van der Waals surface area (Å²) in [6, 6.07) is 3.79. The summed E-state index contributed by atoms with van der Waals surface area (Å²) in [6.45, 7) is 1.88. The van der Waals surface area contributed by atoms with Crippen LogP contribution in [-0.4, -0.2) is 21.3 Å². The second-order valence-electron chi connectivity index (χ2n) is 3.56. The van der Waals surface area contributed by atoms with Crippen LogP contribution in [0.4, 0.5) is 0 Å². The molecule has 0 spiro atoms. The first-order valence-electron chi connectivity index (χ1n) is 5.28. The van der Waals surface area contributed by atoms with Crippen molar-refractivity contribution in [1.29, 1.82) is 0 Å². The van der Waals surface area contributed by atoms with E-state index in [-0.39, 0.29) is 5.89 Å². The number of aryl methyl sites for hydroxylation is 1. The van der Waals surface area contributed by atoms with Crippen molar-refractivity contribution < 1.29 is 14.3 Å². The Morgan fingerprint density at radius 2 is 2.41 bits per heavy atom. The maximum Gasteiger partial charge on any atom is 0.316 e. The number of carbonyl (C=O) groups is 1. The summed E-state index contributed by atoms with van der Waals surface area (Å²) < 4.78 is 5.31. The summed E-state index contributed by atoms with van der Waals surface area (Å²) in [4.78, 5) is 12.2. The zero-order valence-electron chi connectivity index (χ0n) is 9.29. The fraction of sp³-hybridized carbons (Fsp3) is 0.364. The van der Waals surface area contributed by atoms with Gasteiger partial charge in [0.25, 0.3) is 0 Å². The molecule has 0 bridgehead atoms. The number of aliphatic carboxylic acids is 1. The third-order valence-corrected chi connectivity index (χ3v) is 3.27. The normalized spacial score (nSPS) is 12.5. The van der Waals surface area contributed by atoms with Gasteiger partial charge >= 0.3 is 5.97 Å². The van der Waals surface area contributed by atoms with E-state index < -0.39 is 11.9 Å². The van der Waals surface area contributed by atoms with Crippen LogP contribution in [0.25, 0.3) is 0 Å². The number of thiophene rings is 1. The maximum absolute atomic E-state index is 11.2. The fourth-order valence-corrected chi connectivity index (χ4v) is 2.21. The number of rotatable bonds is 5. The molecule has 0 amide bonds. The molecule has 1 unspecified atom stereocenters. The zero-order chi connectivity index (χ0) is 12.3. The van der Waals surface area contributed by atoms with Crippen LogP contribution in [0.5, 0.6) is 0 Å². The van der Waals surface area contributed by atoms with Crippen molar-refractivity contribution in [3.63, 3.8) is 0 Å². The van der Waals surface area contributed by atoms with Gasteiger partial charge in [-0.15, -0.1) is 21.5 Å². The Bertz CT molecular complexity index is 493. The second kappa shape index (κ2) is 5.09. The van der Waals surface area contributed by atoms with Gasteiger partial charge in [-0.05, 0) is 11.4 Å². The van der Waals surface area contributed by atoms with E-state index in [1.165, 1.54) is 11.3 Å². The predicted octanol–water partition coefficient (Wildman–Crippen LogP) is 2.10. The molecule has 1 N–H and O–H groups in total. The fourth-order valence-electron chi connectivity index (χ4n) is 1.46. The highest BCUT2D eigenvalue weighted by Gasteiger charge is 2.26. The standard InChI is InChI=1S/C11H12N2O3S/c1-2-9-12-13-10(16-9)8(11(14)15)6-7-4-3-5-17-7/h3-5,8H,2,6H2,1H3,(H,14,15). The molecule has 0 saturated heterocycles. The van der Waals surface area contributed by atoms with Gasteiger partial charge in [-0.25, -0.2) is 0 Å². The van der Waals surface area contributed by atoms with Crippen molar-refractivity contribution in [2.45, 2.75) is 25.7 Å². The molecule has 90 valence electrons. The number of aromatic nitrogens is 2. The van der Waals surface area contributed by atoms with Crippen molar-refractivity contribution in [2.75, 3.05) is 0 Å². The number of nitrogens with zero attached hydrogens (tertiary/aromatic N) is 2. The maximum atomic E-state index is 11.2. The molecular formula is C11H12N2O3S. The molecule has 2 heterocycles. The Morgan fingerprint density at radius 1 is 1.59 bits per heavy atom. The molecule has 2 rings (SSSR count). The minimum atomic E-state index is -0.940. The van der Waals surface area contributed by atoms with E-state index >= 15 is 0 Å². The third-order valence-electron chi connectivity index (χ3n) is 2.37. The molecule has 5 nitrogen and oxygen atoms in total. The average molecular weight is 252 g/mol. The van der Waals surface area contributed by atoms with Gasteiger partial charge < -0.3 is 9.52 Å². The lowest BCUT2D eigenvalue weighted by molar-refractivity contribution is -0.139. The Balaban J connectivity index is 2.20. The molecular weight excluding hydrogens is 240 g/mol. The lowest BCUT2D eigenvalue weighted by Crippen LogP contribution is -2.14. The highest BCUT2D eigenvalue weighted by Crippen LogP contribution is 2.23. The number of hydrogen-bond acceptors (Lipinski definition) is 5. The van der Waals surface area contributed by atoms with Gasteiger partial charge in [0.15, 0.2) is 0 Å². The van der Waals surface area contributed by atoms with Crippen LogP contribution in [0.2, 0.25) is 0 Å². The van der Waals surface area contributed by atoms with Crippen molar-refractivity contribution in [2.24, 2.45) is 0 Å². The minimum absolute atomic E-state index is 0.183. The number of carboxylic acid groups (broad SMARTS) is 1. The SMILES string of the molecule is CCc1nnc(C(Cc2cccs2)C(=O)O)o1. The van der Waals surface area contributed by atoms with Crippen LogP contribution in [-0.2, 0) is 17.6 Å². The Kier molecular flexibility index (Phi) is 3.53. The highest BCUT2D eigenvalue weighted by atomic mass is 32.1. The monoisotopic (exact) mass is 252 g/mol. The van der Waals surface area contributed by atoms with E-state index in [4.69, 9.17) is 4.42 Å². The average Bonchev–Trinajstić information content (AvgIpc) is 2.96. The molecule has 17 heavy (non-hydrogen) atoms. The molecule has 0 aromatic carbocycles. The quantitative estimate of drug-likeness (QED) is 0.881. The smallest absolute Gasteiger partial charge is 0.316 e. The topological polar surface area (TPSA) is 76.2 Å². The molecule has 0 aliphatic rings. The van der Waals surface area contributed by atoms with Gasteiger partial charge in [-0.2, -0.15) is 0 Å². The summed E-state index contributed by atoms with van der Waals surface area (Å²) in [5.41, 5.74) is 0. The van der Waals surface area contributed by atoms with Crippen molar-refractivity contribution in [3.8, 4) is 0 Å². The van der Waals surface area contributed by atoms with Crippen molar-refractivity contribution in [3.05, 3.63) is 34.2 Å². The summed E-state index contributed by atoms with van der Waals surface area (Å²) >= 11 is 1.52. The molecule has 2 aromatic rings. The highest BCUT2D eigenvalue weighted by molar-refractivity contribution is 7.09. The van der Waals surface area contributed by atoms with E-state index in [0.29, 0.717) is 18.7 Å². The second-order valence-corrected chi connectivity index (χ2v) is 4.59. The third kappa shape index (κ3) is 2.71. The molecule has 6 heteroatoms. The Morgan fingerprint density at radius 3 is 2.94 bits per heavy atom. The van der Waals surface area contributed by atoms with Crippen LogP contribution in [0.3, 0.4) is 0 Å². The lowest BCUT2D eigenvalue weighted by Gasteiger charge is -2.05.